The van der Waals surface area contributed by atoms with Crippen LogP contribution in [0.4, 0.5) is 0 Å². The smallest absolute Gasteiger partial charge is 0.0148 e. The third-order valence-corrected chi connectivity index (χ3v) is 3.73. The lowest BCUT2D eigenvalue weighted by atomic mass is 9.94. The lowest BCUT2D eigenvalue weighted by Crippen LogP contribution is -2.04. The van der Waals surface area contributed by atoms with Gasteiger partial charge in [0, 0.05) is 11.2 Å². The molecule has 0 bridgehead atoms. The summed E-state index contributed by atoms with van der Waals surface area (Å²) in [6.07, 6.45) is 15.7. The number of alkyl halides is 1. The zero-order chi connectivity index (χ0) is 9.52. The van der Waals surface area contributed by atoms with Crippen molar-refractivity contribution in [3.63, 3.8) is 0 Å². The molecule has 0 aromatic carbocycles. The molecule has 0 heterocycles. The minimum atomic E-state index is 0.769. The molecule has 0 saturated heterocycles. The molecule has 1 heteroatoms. The van der Waals surface area contributed by atoms with E-state index in [1.165, 1.54) is 44.9 Å². The summed E-state index contributed by atoms with van der Waals surface area (Å²) in [6.45, 7) is 0. The minimum absolute atomic E-state index is 0.769. The van der Waals surface area contributed by atoms with E-state index in [-0.39, 0.29) is 0 Å². The van der Waals surface area contributed by atoms with E-state index in [1.54, 1.807) is 0 Å². The third-order valence-electron chi connectivity index (χ3n) is 2.90. The highest BCUT2D eigenvalue weighted by Gasteiger charge is 2.17. The quantitative estimate of drug-likeness (QED) is 0.302. The predicted molar refractivity (Wildman–Crippen MR) is 62.0 cm³/mol. The molecule has 1 aliphatic rings. The summed E-state index contributed by atoms with van der Waals surface area (Å²) >= 11 is 3.75. The predicted octanol–water partition coefficient (Wildman–Crippen LogP) is 4.13. The summed E-state index contributed by atoms with van der Waals surface area (Å²) < 4.78 is 0. The highest BCUT2D eigenvalue weighted by atomic mass is 79.9. The summed E-state index contributed by atoms with van der Waals surface area (Å²) in [4.78, 5) is 0.769. The molecule has 1 saturated carbocycles. The van der Waals surface area contributed by atoms with Gasteiger partial charge < -0.3 is 0 Å². The second-order valence-electron chi connectivity index (χ2n) is 4.08. The average molecular weight is 243 g/mol. The normalized spacial score (nSPS) is 29.2. The van der Waals surface area contributed by atoms with Gasteiger partial charge >= 0.3 is 0 Å². The Hall–Kier alpha value is 0.0400. The molecule has 0 radical (unpaired) electrons. The molecule has 1 fully saturated rings. The summed E-state index contributed by atoms with van der Waals surface area (Å²) in [5, 5.41) is 0. The monoisotopic (exact) mass is 242 g/mol. The Bertz CT molecular complexity index is 168. The van der Waals surface area contributed by atoms with E-state index >= 15 is 0 Å². The fourth-order valence-corrected chi connectivity index (χ4v) is 3.00. The van der Waals surface area contributed by atoms with E-state index < -0.39 is 0 Å². The molecule has 1 aliphatic carbocycles. The molecule has 0 amide bonds. The molecule has 74 valence electrons. The first-order chi connectivity index (χ1) is 6.33. The molecular formula is C12H19Br. The molecule has 0 aliphatic heterocycles. The van der Waals surface area contributed by atoms with Crippen molar-refractivity contribution in [1.82, 2.24) is 0 Å². The van der Waals surface area contributed by atoms with Gasteiger partial charge in [0.25, 0.3) is 0 Å². The van der Waals surface area contributed by atoms with Gasteiger partial charge in [0.1, 0.15) is 0 Å². The zero-order valence-corrected chi connectivity index (χ0v) is 9.85. The van der Waals surface area contributed by atoms with E-state index in [4.69, 9.17) is 6.42 Å². The highest BCUT2D eigenvalue weighted by Crippen LogP contribution is 2.30. The van der Waals surface area contributed by atoms with Crippen LogP contribution in [0.1, 0.15) is 51.4 Å². The number of hydrogen-bond acceptors (Lipinski definition) is 0. The Morgan fingerprint density at radius 3 is 2.85 bits per heavy atom. The van der Waals surface area contributed by atoms with Gasteiger partial charge in [0.15, 0.2) is 0 Å². The van der Waals surface area contributed by atoms with Gasteiger partial charge in [-0.15, -0.1) is 12.3 Å². The zero-order valence-electron chi connectivity index (χ0n) is 8.27. The molecule has 0 nitrogen and oxygen atoms in total. The maximum absolute atomic E-state index is 5.24. The van der Waals surface area contributed by atoms with E-state index in [1.807, 2.05) is 0 Å². The van der Waals surface area contributed by atoms with Crippen molar-refractivity contribution in [3.05, 3.63) is 0 Å². The second-order valence-corrected chi connectivity index (χ2v) is 5.37. The maximum atomic E-state index is 5.24. The Labute approximate surface area is 90.6 Å². The largest absolute Gasteiger partial charge is 0.120 e. The van der Waals surface area contributed by atoms with Crippen LogP contribution < -0.4 is 0 Å². The standard InChI is InChI=1S/C12H19Br/c1-2-3-4-7-11-8-5-6-9-12(13)10-11/h1,11-12H,3-10H2. The van der Waals surface area contributed by atoms with Crippen LogP contribution in [0.3, 0.4) is 0 Å². The molecule has 2 atom stereocenters. The molecule has 0 aromatic heterocycles. The fraction of sp³-hybridized carbons (Fsp3) is 0.833. The average Bonchev–Trinajstić information content (AvgIpc) is 2.31. The summed E-state index contributed by atoms with van der Waals surface area (Å²) in [5.74, 6) is 3.65. The summed E-state index contributed by atoms with van der Waals surface area (Å²) in [7, 11) is 0. The van der Waals surface area contributed by atoms with Crippen LogP contribution >= 0.6 is 15.9 Å². The Morgan fingerprint density at radius 1 is 1.31 bits per heavy atom. The second kappa shape index (κ2) is 6.49. The van der Waals surface area contributed by atoms with Crippen LogP contribution in [0.2, 0.25) is 0 Å². The van der Waals surface area contributed by atoms with Gasteiger partial charge in [-0.3, -0.25) is 0 Å². The Morgan fingerprint density at radius 2 is 2.08 bits per heavy atom. The molecule has 13 heavy (non-hydrogen) atoms. The molecule has 0 aromatic rings. The van der Waals surface area contributed by atoms with Crippen LogP contribution in [-0.4, -0.2) is 4.83 Å². The summed E-state index contributed by atoms with van der Waals surface area (Å²) in [6, 6.07) is 0. The van der Waals surface area contributed by atoms with Gasteiger partial charge in [-0.1, -0.05) is 35.2 Å². The molecule has 2 unspecified atom stereocenters. The third kappa shape index (κ3) is 4.72. The van der Waals surface area contributed by atoms with Crippen LogP contribution in [-0.2, 0) is 0 Å². The highest BCUT2D eigenvalue weighted by molar-refractivity contribution is 9.09. The van der Waals surface area contributed by atoms with Gasteiger partial charge in [-0.05, 0) is 31.6 Å². The first-order valence-electron chi connectivity index (χ1n) is 5.40. The first kappa shape index (κ1) is 11.1. The molecule has 0 N–H and O–H groups in total. The van der Waals surface area contributed by atoms with Gasteiger partial charge in [-0.2, -0.15) is 0 Å². The van der Waals surface area contributed by atoms with Gasteiger partial charge in [-0.25, -0.2) is 0 Å². The topological polar surface area (TPSA) is 0 Å². The fourth-order valence-electron chi connectivity index (χ4n) is 2.15. The number of hydrogen-bond donors (Lipinski definition) is 0. The lowest BCUT2D eigenvalue weighted by molar-refractivity contribution is 0.423. The van der Waals surface area contributed by atoms with E-state index in [0.717, 1.165) is 17.2 Å². The number of rotatable bonds is 3. The van der Waals surface area contributed by atoms with Crippen molar-refractivity contribution in [2.24, 2.45) is 5.92 Å². The molecule has 1 rings (SSSR count). The Kier molecular flexibility index (Phi) is 5.55. The van der Waals surface area contributed by atoms with Crippen molar-refractivity contribution in [3.8, 4) is 12.3 Å². The lowest BCUT2D eigenvalue weighted by Gasteiger charge is -2.14. The maximum Gasteiger partial charge on any atom is 0.0148 e. The number of unbranched alkanes of at least 4 members (excludes halogenated alkanes) is 1. The van der Waals surface area contributed by atoms with Crippen LogP contribution in [0.5, 0.6) is 0 Å². The van der Waals surface area contributed by atoms with Crippen LogP contribution in [0.25, 0.3) is 0 Å². The van der Waals surface area contributed by atoms with Gasteiger partial charge in [0.05, 0.1) is 0 Å². The first-order valence-corrected chi connectivity index (χ1v) is 6.32. The number of halogens is 1. The molecular weight excluding hydrogens is 224 g/mol. The summed E-state index contributed by atoms with van der Waals surface area (Å²) in [5.41, 5.74) is 0. The van der Waals surface area contributed by atoms with Crippen molar-refractivity contribution in [2.75, 3.05) is 0 Å². The number of terminal acetylenes is 1. The van der Waals surface area contributed by atoms with Crippen molar-refractivity contribution in [1.29, 1.82) is 0 Å². The van der Waals surface area contributed by atoms with Gasteiger partial charge in [0.2, 0.25) is 0 Å². The van der Waals surface area contributed by atoms with E-state index in [0.29, 0.717) is 0 Å². The van der Waals surface area contributed by atoms with E-state index in [2.05, 4.69) is 21.9 Å². The van der Waals surface area contributed by atoms with Crippen molar-refractivity contribution < 1.29 is 0 Å². The Balaban J connectivity index is 2.19. The van der Waals surface area contributed by atoms with Crippen molar-refractivity contribution >= 4 is 15.9 Å². The van der Waals surface area contributed by atoms with Crippen molar-refractivity contribution in [2.45, 2.75) is 56.2 Å². The SMILES string of the molecule is C#CCCCC1CCCCC(Br)C1. The molecule has 0 spiro atoms. The van der Waals surface area contributed by atoms with Crippen LogP contribution in [0.15, 0.2) is 0 Å². The van der Waals surface area contributed by atoms with E-state index in [9.17, 15) is 0 Å². The minimum Gasteiger partial charge on any atom is -0.120 e. The van der Waals surface area contributed by atoms with Crippen LogP contribution in [0, 0.1) is 18.3 Å².